The van der Waals surface area contributed by atoms with E-state index in [1.807, 2.05) is 30.3 Å². The van der Waals surface area contributed by atoms with Gasteiger partial charge in [0.25, 0.3) is 0 Å². The lowest BCUT2D eigenvalue weighted by molar-refractivity contribution is -0.138. The van der Waals surface area contributed by atoms with E-state index < -0.39 is 5.97 Å². The van der Waals surface area contributed by atoms with E-state index >= 15 is 0 Å². The molecule has 3 rings (SSSR count). The molecule has 1 amide bonds. The summed E-state index contributed by atoms with van der Waals surface area (Å²) in [5.74, 6) is -1.17. The molecule has 0 saturated carbocycles. The molecular weight excluding hydrogens is 340 g/mol. The predicted octanol–water partition coefficient (Wildman–Crippen LogP) is 3.52. The summed E-state index contributed by atoms with van der Waals surface area (Å²) in [5, 5.41) is 12.7. The first-order valence-electron chi connectivity index (χ1n) is 9.15. The number of carbonyl (C=O) groups is 2. The van der Waals surface area contributed by atoms with Gasteiger partial charge in [-0.25, -0.2) is 0 Å². The van der Waals surface area contributed by atoms with Crippen LogP contribution in [0.25, 0.3) is 10.9 Å². The number of nitrogens with one attached hydrogen (secondary N) is 1. The summed E-state index contributed by atoms with van der Waals surface area (Å²) >= 11 is 0. The fourth-order valence-electron chi connectivity index (χ4n) is 3.42. The van der Waals surface area contributed by atoms with Crippen LogP contribution < -0.4 is 5.32 Å². The smallest absolute Gasteiger partial charge is 0.303 e. The van der Waals surface area contributed by atoms with E-state index in [0.717, 1.165) is 6.54 Å². The van der Waals surface area contributed by atoms with E-state index in [9.17, 15) is 9.59 Å². The second kappa shape index (κ2) is 8.54. The number of para-hydroxylation sites is 1. The normalized spacial score (nSPS) is 10.9. The van der Waals surface area contributed by atoms with Gasteiger partial charge in [-0.15, -0.1) is 0 Å². The van der Waals surface area contributed by atoms with Gasteiger partial charge >= 0.3 is 5.97 Å². The molecule has 0 fully saturated rings. The Bertz CT molecular complexity index is 945. The van der Waals surface area contributed by atoms with Crippen LogP contribution in [0.1, 0.15) is 29.7 Å². The lowest BCUT2D eigenvalue weighted by Crippen LogP contribution is -2.26. The lowest BCUT2D eigenvalue weighted by Gasteiger charge is -2.09. The zero-order chi connectivity index (χ0) is 19.2. The fraction of sp³-hybridized carbons (Fsp3) is 0.273. The van der Waals surface area contributed by atoms with Crippen molar-refractivity contribution in [2.24, 2.45) is 0 Å². The summed E-state index contributed by atoms with van der Waals surface area (Å²) in [6.45, 7) is 3.42. The summed E-state index contributed by atoms with van der Waals surface area (Å²) in [4.78, 5) is 22.3. The first-order chi connectivity index (χ1) is 13.1. The van der Waals surface area contributed by atoms with Crippen LogP contribution in [0.5, 0.6) is 0 Å². The number of amides is 1. The molecular formula is C22H24N2O3. The van der Waals surface area contributed by atoms with Crippen LogP contribution in [0.4, 0.5) is 0 Å². The van der Waals surface area contributed by atoms with Crippen molar-refractivity contribution in [1.29, 1.82) is 0 Å². The molecule has 0 radical (unpaired) electrons. The Morgan fingerprint density at radius 1 is 1.00 bits per heavy atom. The monoisotopic (exact) mass is 364 g/mol. The lowest BCUT2D eigenvalue weighted by atomic mass is 10.1. The van der Waals surface area contributed by atoms with Crippen molar-refractivity contribution in [3.63, 3.8) is 0 Å². The van der Waals surface area contributed by atoms with Gasteiger partial charge in [-0.3, -0.25) is 9.59 Å². The number of rotatable bonds is 8. The first-order valence-corrected chi connectivity index (χ1v) is 9.15. The standard InChI is InChI=1S/C22H24N2O3/c1-16-18(13-14-23-21(25)11-12-22(26)27)19-9-5-6-10-20(19)24(16)15-17-7-3-2-4-8-17/h2-10H,11-15H2,1H3,(H,23,25)(H,26,27). The van der Waals surface area contributed by atoms with Crippen molar-refractivity contribution >= 4 is 22.8 Å². The molecule has 5 heteroatoms. The van der Waals surface area contributed by atoms with Crippen LogP contribution in [0, 0.1) is 6.92 Å². The number of aromatic nitrogens is 1. The maximum Gasteiger partial charge on any atom is 0.303 e. The Hall–Kier alpha value is -3.08. The van der Waals surface area contributed by atoms with Crippen molar-refractivity contribution < 1.29 is 14.7 Å². The average Bonchev–Trinajstić information content (AvgIpc) is 2.93. The molecule has 140 valence electrons. The minimum atomic E-state index is -0.954. The number of fused-ring (bicyclic) bond motifs is 1. The minimum Gasteiger partial charge on any atom is -0.481 e. The highest BCUT2D eigenvalue weighted by molar-refractivity contribution is 5.86. The van der Waals surface area contributed by atoms with E-state index in [4.69, 9.17) is 5.11 Å². The highest BCUT2D eigenvalue weighted by Crippen LogP contribution is 2.27. The summed E-state index contributed by atoms with van der Waals surface area (Å²) in [5.41, 5.74) is 4.85. The molecule has 3 aromatic rings. The van der Waals surface area contributed by atoms with Gasteiger partial charge in [-0.05, 0) is 30.5 Å². The minimum absolute atomic E-state index is 0.0179. The van der Waals surface area contributed by atoms with Gasteiger partial charge in [0.15, 0.2) is 0 Å². The van der Waals surface area contributed by atoms with Crippen LogP contribution >= 0.6 is 0 Å². The fourth-order valence-corrected chi connectivity index (χ4v) is 3.42. The number of carbonyl (C=O) groups excluding carboxylic acids is 1. The average molecular weight is 364 g/mol. The zero-order valence-electron chi connectivity index (χ0n) is 15.4. The topological polar surface area (TPSA) is 71.3 Å². The highest BCUT2D eigenvalue weighted by atomic mass is 16.4. The van der Waals surface area contributed by atoms with Crippen LogP contribution in [-0.2, 0) is 22.6 Å². The summed E-state index contributed by atoms with van der Waals surface area (Å²) < 4.78 is 2.31. The van der Waals surface area contributed by atoms with E-state index in [2.05, 4.69) is 41.1 Å². The predicted molar refractivity (Wildman–Crippen MR) is 106 cm³/mol. The second-order valence-electron chi connectivity index (χ2n) is 6.65. The SMILES string of the molecule is Cc1c(CCNC(=O)CCC(=O)O)c2ccccc2n1Cc1ccccc1. The number of benzene rings is 2. The van der Waals surface area contributed by atoms with Crippen LogP contribution in [0.3, 0.4) is 0 Å². The third-order valence-corrected chi connectivity index (χ3v) is 4.81. The summed E-state index contributed by atoms with van der Waals surface area (Å²) in [7, 11) is 0. The molecule has 0 aliphatic heterocycles. The van der Waals surface area contributed by atoms with Gasteiger partial charge in [-0.1, -0.05) is 48.5 Å². The number of hydrogen-bond donors (Lipinski definition) is 2. The van der Waals surface area contributed by atoms with E-state index in [-0.39, 0.29) is 18.7 Å². The summed E-state index contributed by atoms with van der Waals surface area (Å²) in [6.07, 6.45) is 0.596. The molecule has 0 atom stereocenters. The van der Waals surface area contributed by atoms with Crippen LogP contribution in [-0.4, -0.2) is 28.1 Å². The molecule has 0 bridgehead atoms. The van der Waals surface area contributed by atoms with Crippen molar-refractivity contribution in [1.82, 2.24) is 9.88 Å². The molecule has 0 unspecified atom stereocenters. The van der Waals surface area contributed by atoms with E-state index in [0.29, 0.717) is 13.0 Å². The Kier molecular flexibility index (Phi) is 5.91. The third kappa shape index (κ3) is 4.56. The number of carboxylic acids is 1. The van der Waals surface area contributed by atoms with Gasteiger partial charge in [0.2, 0.25) is 5.91 Å². The molecule has 27 heavy (non-hydrogen) atoms. The molecule has 0 saturated heterocycles. The van der Waals surface area contributed by atoms with Crippen molar-refractivity contribution in [2.45, 2.75) is 32.7 Å². The van der Waals surface area contributed by atoms with E-state index in [1.165, 1.54) is 27.7 Å². The Balaban J connectivity index is 1.76. The highest BCUT2D eigenvalue weighted by Gasteiger charge is 2.14. The molecule has 1 aromatic heterocycles. The van der Waals surface area contributed by atoms with Gasteiger partial charge in [0, 0.05) is 36.1 Å². The summed E-state index contributed by atoms with van der Waals surface area (Å²) in [6, 6.07) is 18.7. The van der Waals surface area contributed by atoms with Crippen molar-refractivity contribution in [3.05, 3.63) is 71.4 Å². The number of carboxylic acid groups (broad SMARTS) is 1. The number of aliphatic carboxylic acids is 1. The van der Waals surface area contributed by atoms with E-state index in [1.54, 1.807) is 0 Å². The molecule has 0 aliphatic carbocycles. The maximum atomic E-state index is 11.8. The molecule has 0 aliphatic rings. The third-order valence-electron chi connectivity index (χ3n) is 4.81. The Labute approximate surface area is 158 Å². The molecule has 0 spiro atoms. The molecule has 2 aromatic carbocycles. The Morgan fingerprint density at radius 2 is 1.70 bits per heavy atom. The molecule has 1 heterocycles. The number of nitrogens with zero attached hydrogens (tertiary/aromatic N) is 1. The maximum absolute atomic E-state index is 11.8. The second-order valence-corrected chi connectivity index (χ2v) is 6.65. The van der Waals surface area contributed by atoms with Crippen molar-refractivity contribution in [2.75, 3.05) is 6.54 Å². The Morgan fingerprint density at radius 3 is 2.44 bits per heavy atom. The first kappa shape index (κ1) is 18.7. The largest absolute Gasteiger partial charge is 0.481 e. The van der Waals surface area contributed by atoms with Gasteiger partial charge in [0.05, 0.1) is 6.42 Å². The molecule has 5 nitrogen and oxygen atoms in total. The van der Waals surface area contributed by atoms with Gasteiger partial charge in [0.1, 0.15) is 0 Å². The van der Waals surface area contributed by atoms with Gasteiger partial charge in [-0.2, -0.15) is 0 Å². The van der Waals surface area contributed by atoms with Crippen LogP contribution in [0.15, 0.2) is 54.6 Å². The van der Waals surface area contributed by atoms with Crippen LogP contribution in [0.2, 0.25) is 0 Å². The van der Waals surface area contributed by atoms with Crippen molar-refractivity contribution in [3.8, 4) is 0 Å². The quantitative estimate of drug-likeness (QED) is 0.642. The van der Waals surface area contributed by atoms with Gasteiger partial charge < -0.3 is 15.0 Å². The zero-order valence-corrected chi connectivity index (χ0v) is 15.4. The number of hydrogen-bond acceptors (Lipinski definition) is 2. The molecule has 2 N–H and O–H groups in total.